The Morgan fingerprint density at radius 1 is 1.56 bits per heavy atom. The van der Waals surface area contributed by atoms with Crippen LogP contribution < -0.4 is 5.32 Å². The molecule has 0 aliphatic heterocycles. The van der Waals surface area contributed by atoms with Crippen LogP contribution in [0.25, 0.3) is 0 Å². The van der Waals surface area contributed by atoms with E-state index in [1.807, 2.05) is 6.92 Å². The summed E-state index contributed by atoms with van der Waals surface area (Å²) in [5.74, 6) is 0. The third-order valence-corrected chi connectivity index (χ3v) is 0.780. The minimum atomic E-state index is -0.104. The van der Waals surface area contributed by atoms with Gasteiger partial charge in [0.1, 0.15) is 0 Å². The van der Waals surface area contributed by atoms with Crippen molar-refractivity contribution in [2.24, 2.45) is 0 Å². The number of nitrogens with one attached hydrogen (secondary N) is 1. The highest BCUT2D eigenvalue weighted by Crippen LogP contribution is 1.75. The van der Waals surface area contributed by atoms with Crippen molar-refractivity contribution in [3.8, 4) is 0 Å². The lowest BCUT2D eigenvalue weighted by atomic mass is 10.7. The molecule has 0 spiro atoms. The number of rotatable bonds is 1. The van der Waals surface area contributed by atoms with Crippen molar-refractivity contribution >= 4 is 6.03 Å². The number of amides is 2. The van der Waals surface area contributed by atoms with Gasteiger partial charge in [-0.3, -0.25) is 0 Å². The number of carbonyl (C=O) groups is 1. The summed E-state index contributed by atoms with van der Waals surface area (Å²) in [6, 6.07) is -0.104. The third kappa shape index (κ3) is 3.58. The summed E-state index contributed by atoms with van der Waals surface area (Å²) in [5.41, 5.74) is 0. The zero-order valence-corrected chi connectivity index (χ0v) is 6.01. The number of allylic oxidation sites excluding steroid dienone is 1. The minimum absolute atomic E-state index is 0.104. The Hall–Kier alpha value is -0.990. The number of hydrogen-bond acceptors (Lipinski definition) is 1. The number of carbonyl (C=O) groups excluding carboxylic acids is 1. The summed E-state index contributed by atoms with van der Waals surface area (Å²) >= 11 is 0. The van der Waals surface area contributed by atoms with Gasteiger partial charge in [-0.05, 0) is 6.92 Å². The van der Waals surface area contributed by atoms with Crippen LogP contribution in [-0.4, -0.2) is 25.0 Å². The van der Waals surface area contributed by atoms with Crippen molar-refractivity contribution in [3.63, 3.8) is 0 Å². The fraction of sp³-hybridized carbons (Fsp3) is 0.500. The van der Waals surface area contributed by atoms with Crippen LogP contribution in [0, 0.1) is 0 Å². The van der Waals surface area contributed by atoms with Gasteiger partial charge in [0.25, 0.3) is 0 Å². The molecule has 0 saturated carbocycles. The second kappa shape index (κ2) is 3.95. The van der Waals surface area contributed by atoms with Crippen LogP contribution in [0.5, 0.6) is 0 Å². The van der Waals surface area contributed by atoms with Gasteiger partial charge in [-0.2, -0.15) is 0 Å². The molecule has 0 fully saturated rings. The first-order valence-electron chi connectivity index (χ1n) is 2.77. The summed E-state index contributed by atoms with van der Waals surface area (Å²) in [6.45, 7) is 1.84. The van der Waals surface area contributed by atoms with Gasteiger partial charge in [-0.15, -0.1) is 0 Å². The van der Waals surface area contributed by atoms with Gasteiger partial charge in [0.15, 0.2) is 0 Å². The van der Waals surface area contributed by atoms with Crippen LogP contribution in [0.4, 0.5) is 4.79 Å². The Balaban J connectivity index is 3.51. The van der Waals surface area contributed by atoms with E-state index in [9.17, 15) is 4.79 Å². The Morgan fingerprint density at radius 3 is 2.44 bits per heavy atom. The van der Waals surface area contributed by atoms with Gasteiger partial charge < -0.3 is 10.2 Å². The first-order chi connectivity index (χ1) is 4.18. The van der Waals surface area contributed by atoms with Crippen LogP contribution in [0.1, 0.15) is 6.92 Å². The van der Waals surface area contributed by atoms with Gasteiger partial charge in [0.2, 0.25) is 0 Å². The lowest BCUT2D eigenvalue weighted by Gasteiger charge is -2.07. The molecule has 0 unspecified atom stereocenters. The minimum Gasteiger partial charge on any atom is -0.331 e. The van der Waals surface area contributed by atoms with Crippen molar-refractivity contribution in [2.75, 3.05) is 14.1 Å². The molecule has 0 saturated heterocycles. The molecule has 0 bridgehead atoms. The maximum atomic E-state index is 10.7. The molecule has 0 aromatic heterocycles. The average molecular weight is 128 g/mol. The Bertz CT molecular complexity index is 118. The quantitative estimate of drug-likeness (QED) is 0.556. The second-order valence-corrected chi connectivity index (χ2v) is 1.84. The van der Waals surface area contributed by atoms with E-state index in [1.54, 1.807) is 26.4 Å². The van der Waals surface area contributed by atoms with E-state index in [-0.39, 0.29) is 6.03 Å². The van der Waals surface area contributed by atoms with E-state index in [4.69, 9.17) is 0 Å². The van der Waals surface area contributed by atoms with Crippen molar-refractivity contribution < 1.29 is 4.79 Å². The first kappa shape index (κ1) is 8.01. The van der Waals surface area contributed by atoms with Gasteiger partial charge in [0, 0.05) is 20.3 Å². The van der Waals surface area contributed by atoms with Gasteiger partial charge in [-0.25, -0.2) is 4.79 Å². The molecule has 0 aliphatic rings. The fourth-order valence-electron chi connectivity index (χ4n) is 0.284. The van der Waals surface area contributed by atoms with Crippen molar-refractivity contribution in [2.45, 2.75) is 6.92 Å². The molecule has 0 aliphatic carbocycles. The molecule has 3 nitrogen and oxygen atoms in total. The van der Waals surface area contributed by atoms with E-state index in [2.05, 4.69) is 5.32 Å². The summed E-state index contributed by atoms with van der Waals surface area (Å²) < 4.78 is 0. The van der Waals surface area contributed by atoms with E-state index in [0.717, 1.165) is 0 Å². The fourth-order valence-corrected chi connectivity index (χ4v) is 0.284. The monoisotopic (exact) mass is 128 g/mol. The first-order valence-corrected chi connectivity index (χ1v) is 2.77. The Morgan fingerprint density at radius 2 is 2.11 bits per heavy atom. The van der Waals surface area contributed by atoms with Crippen molar-refractivity contribution in [1.82, 2.24) is 10.2 Å². The van der Waals surface area contributed by atoms with E-state index in [0.29, 0.717) is 0 Å². The topological polar surface area (TPSA) is 32.3 Å². The zero-order chi connectivity index (χ0) is 7.28. The molecule has 2 amide bonds. The summed E-state index contributed by atoms with van der Waals surface area (Å²) in [6.07, 6.45) is 3.36. The molecular weight excluding hydrogens is 116 g/mol. The molecule has 0 aromatic rings. The highest BCUT2D eigenvalue weighted by atomic mass is 16.2. The third-order valence-electron chi connectivity index (χ3n) is 0.780. The smallest absolute Gasteiger partial charge is 0.320 e. The van der Waals surface area contributed by atoms with Gasteiger partial charge in [0.05, 0.1) is 0 Å². The molecule has 3 heteroatoms. The van der Waals surface area contributed by atoms with Crippen molar-refractivity contribution in [3.05, 3.63) is 12.3 Å². The molecule has 1 N–H and O–H groups in total. The Kier molecular flexibility index (Phi) is 3.51. The molecule has 52 valence electrons. The average Bonchev–Trinajstić information content (AvgIpc) is 1.82. The van der Waals surface area contributed by atoms with E-state index in [1.165, 1.54) is 4.90 Å². The van der Waals surface area contributed by atoms with Crippen LogP contribution in [0.3, 0.4) is 0 Å². The SMILES string of the molecule is C/C=C\NC(=O)N(C)C. The molecule has 0 heterocycles. The highest BCUT2D eigenvalue weighted by Gasteiger charge is 1.96. The summed E-state index contributed by atoms with van der Waals surface area (Å²) in [7, 11) is 3.39. The van der Waals surface area contributed by atoms with E-state index >= 15 is 0 Å². The number of nitrogens with zero attached hydrogens (tertiary/aromatic N) is 1. The highest BCUT2D eigenvalue weighted by molar-refractivity contribution is 5.74. The van der Waals surface area contributed by atoms with Crippen LogP contribution in [0.15, 0.2) is 12.3 Å². The van der Waals surface area contributed by atoms with Gasteiger partial charge in [-0.1, -0.05) is 6.08 Å². The lowest BCUT2D eigenvalue weighted by molar-refractivity contribution is 0.221. The normalized spacial score (nSPS) is 9.67. The largest absolute Gasteiger partial charge is 0.331 e. The maximum absolute atomic E-state index is 10.7. The molecule has 0 rings (SSSR count). The summed E-state index contributed by atoms with van der Waals surface area (Å²) in [4.78, 5) is 12.1. The van der Waals surface area contributed by atoms with Crippen molar-refractivity contribution in [1.29, 1.82) is 0 Å². The molecular formula is C6H12N2O. The zero-order valence-electron chi connectivity index (χ0n) is 6.01. The molecule has 0 aromatic carbocycles. The van der Waals surface area contributed by atoms with Crippen LogP contribution in [-0.2, 0) is 0 Å². The van der Waals surface area contributed by atoms with E-state index < -0.39 is 0 Å². The second-order valence-electron chi connectivity index (χ2n) is 1.84. The predicted molar refractivity (Wildman–Crippen MR) is 37.0 cm³/mol. The number of urea groups is 1. The van der Waals surface area contributed by atoms with Gasteiger partial charge >= 0.3 is 6.03 Å². The Labute approximate surface area is 55.3 Å². The summed E-state index contributed by atoms with van der Waals surface area (Å²) in [5, 5.41) is 2.54. The molecule has 0 atom stereocenters. The lowest BCUT2D eigenvalue weighted by Crippen LogP contribution is -2.30. The van der Waals surface area contributed by atoms with Crippen LogP contribution in [0.2, 0.25) is 0 Å². The standard InChI is InChI=1S/C6H12N2O/c1-4-5-7-6(9)8(2)3/h4-5H,1-3H3,(H,7,9)/b5-4-. The molecule has 0 radical (unpaired) electrons. The maximum Gasteiger partial charge on any atom is 0.320 e. The number of hydrogen-bond donors (Lipinski definition) is 1. The van der Waals surface area contributed by atoms with Crippen LogP contribution >= 0.6 is 0 Å². The molecule has 9 heavy (non-hydrogen) atoms. The predicted octanol–water partition coefficient (Wildman–Crippen LogP) is 0.791.